The maximum atomic E-state index is 7.31. The molecule has 0 bridgehead atoms. The fourth-order valence-corrected chi connectivity index (χ4v) is 3.73. The monoisotopic (exact) mass is 291 g/mol. The second kappa shape index (κ2) is 4.61. The number of hydrogen-bond acceptors (Lipinski definition) is 2. The van der Waals surface area contributed by atoms with Crippen LogP contribution in [0.25, 0.3) is 11.3 Å². The molecule has 88 valence electrons. The van der Waals surface area contributed by atoms with E-state index < -0.39 is 20.1 Å². The van der Waals surface area contributed by atoms with Gasteiger partial charge in [0, 0.05) is 0 Å². The molecular weight excluding hydrogens is 269 g/mol. The van der Waals surface area contributed by atoms with E-state index in [9.17, 15) is 0 Å². The van der Waals surface area contributed by atoms with Gasteiger partial charge in [0.25, 0.3) is 0 Å². The molecular formula is C14H18GeN2. The van der Waals surface area contributed by atoms with Gasteiger partial charge in [-0.25, -0.2) is 0 Å². The van der Waals surface area contributed by atoms with Gasteiger partial charge in [0.15, 0.2) is 0 Å². The van der Waals surface area contributed by atoms with Crippen LogP contribution in [0.5, 0.6) is 0 Å². The quantitative estimate of drug-likeness (QED) is 0.795. The molecule has 2 nitrogen and oxygen atoms in total. The average Bonchev–Trinajstić information content (AvgIpc) is 2.37. The van der Waals surface area contributed by atoms with Crippen molar-refractivity contribution in [3.8, 4) is 11.3 Å². The maximum absolute atomic E-state index is 7.31. The summed E-state index contributed by atoms with van der Waals surface area (Å²) in [7, 11) is 0. The minimum atomic E-state index is -2.16. The van der Waals surface area contributed by atoms with Crippen molar-refractivity contribution in [1.82, 2.24) is 9.97 Å². The first-order valence-electron chi connectivity index (χ1n) is 7.11. The number of rotatable bonds is 2. The molecule has 0 fully saturated rings. The molecule has 0 saturated carbocycles. The van der Waals surface area contributed by atoms with Crippen molar-refractivity contribution < 1.29 is 4.11 Å². The van der Waals surface area contributed by atoms with Crippen LogP contribution in [0.1, 0.15) is 9.81 Å². The summed E-state index contributed by atoms with van der Waals surface area (Å²) < 4.78 is 23.3. The van der Waals surface area contributed by atoms with E-state index in [0.29, 0.717) is 0 Å². The summed E-state index contributed by atoms with van der Waals surface area (Å²) in [4.78, 5) is 8.48. The van der Waals surface area contributed by atoms with Crippen LogP contribution in [0.2, 0.25) is 17.3 Å². The zero-order valence-corrected chi connectivity index (χ0v) is 12.5. The van der Waals surface area contributed by atoms with Crippen molar-refractivity contribution in [3.63, 3.8) is 0 Å². The summed E-state index contributed by atoms with van der Waals surface area (Å²) in [5, 5.41) is 0. The van der Waals surface area contributed by atoms with Crippen LogP contribution >= 0.6 is 0 Å². The number of aryl methyl sites for hydroxylation is 1. The van der Waals surface area contributed by atoms with Gasteiger partial charge in [0.2, 0.25) is 0 Å². The Labute approximate surface area is 110 Å². The second-order valence-corrected chi connectivity index (χ2v) is 15.8. The van der Waals surface area contributed by atoms with E-state index in [2.05, 4.69) is 33.3 Å². The molecule has 0 radical (unpaired) electrons. The Kier molecular flexibility index (Phi) is 2.40. The topological polar surface area (TPSA) is 25.8 Å². The summed E-state index contributed by atoms with van der Waals surface area (Å²) in [5.74, 6) is 6.97. The number of aromatic nitrogens is 2. The first-order valence-corrected chi connectivity index (χ1v) is 13.0. The van der Waals surface area contributed by atoms with Gasteiger partial charge in [-0.3, -0.25) is 0 Å². The SMILES string of the molecule is [2H]C([2H])([2H])c1ccc(-c2cc[c]([Ge]([CH3])([CH3])[CH3])cn2)cn1. The number of nitrogens with zero attached hydrogens (tertiary/aromatic N) is 2. The van der Waals surface area contributed by atoms with E-state index in [1.54, 1.807) is 18.3 Å². The second-order valence-electron chi connectivity index (χ2n) is 5.11. The third kappa shape index (κ3) is 2.94. The van der Waals surface area contributed by atoms with Crippen molar-refractivity contribution >= 4 is 17.7 Å². The van der Waals surface area contributed by atoms with Crippen LogP contribution in [0.3, 0.4) is 0 Å². The Hall–Kier alpha value is -1.16. The van der Waals surface area contributed by atoms with E-state index in [-0.39, 0.29) is 5.69 Å². The molecule has 0 spiro atoms. The van der Waals surface area contributed by atoms with Gasteiger partial charge in [-0.05, 0) is 0 Å². The summed E-state index contributed by atoms with van der Waals surface area (Å²) in [5.41, 5.74) is 1.78. The molecule has 3 heteroatoms. The van der Waals surface area contributed by atoms with Gasteiger partial charge in [-0.2, -0.15) is 0 Å². The normalized spacial score (nSPS) is 14.9. The van der Waals surface area contributed by atoms with Gasteiger partial charge in [-0.15, -0.1) is 0 Å². The third-order valence-electron chi connectivity index (χ3n) is 2.69. The van der Waals surface area contributed by atoms with Gasteiger partial charge in [0.1, 0.15) is 0 Å². The first-order chi connectivity index (χ1) is 9.18. The van der Waals surface area contributed by atoms with Crippen LogP contribution < -0.4 is 4.40 Å². The van der Waals surface area contributed by atoms with Crippen molar-refractivity contribution in [2.45, 2.75) is 24.1 Å². The van der Waals surface area contributed by atoms with Crippen LogP contribution in [0.15, 0.2) is 36.7 Å². The Morgan fingerprint density at radius 3 is 2.29 bits per heavy atom. The molecule has 0 saturated heterocycles. The molecule has 2 aromatic rings. The molecule has 0 aromatic carbocycles. The Bertz CT molecular complexity index is 528. The molecule has 0 N–H and O–H groups in total. The molecule has 2 rings (SSSR count). The predicted octanol–water partition coefficient (Wildman–Crippen LogP) is 3.00. The zero-order chi connectivity index (χ0) is 15.0. The Balaban J connectivity index is 2.29. The van der Waals surface area contributed by atoms with Crippen LogP contribution in [-0.2, 0) is 0 Å². The Morgan fingerprint density at radius 1 is 1.00 bits per heavy atom. The molecule has 0 aliphatic carbocycles. The van der Waals surface area contributed by atoms with Crippen LogP contribution in [-0.4, -0.2) is 23.2 Å². The van der Waals surface area contributed by atoms with Crippen molar-refractivity contribution in [2.24, 2.45) is 0 Å². The molecule has 2 heterocycles. The fourth-order valence-electron chi connectivity index (χ4n) is 1.55. The molecule has 17 heavy (non-hydrogen) atoms. The van der Waals surface area contributed by atoms with Crippen LogP contribution in [0, 0.1) is 6.85 Å². The van der Waals surface area contributed by atoms with Gasteiger partial charge in [0.05, 0.1) is 0 Å². The van der Waals surface area contributed by atoms with Gasteiger partial charge < -0.3 is 0 Å². The fraction of sp³-hybridized carbons (Fsp3) is 0.286. The summed E-state index contributed by atoms with van der Waals surface area (Å²) in [6, 6.07) is 7.41. The molecule has 0 aliphatic rings. The van der Waals surface area contributed by atoms with E-state index in [1.165, 1.54) is 4.40 Å². The summed E-state index contributed by atoms with van der Waals surface area (Å²) in [6.07, 6.45) is 3.51. The van der Waals surface area contributed by atoms with E-state index in [0.717, 1.165) is 11.3 Å². The minimum absolute atomic E-state index is 0.113. The Morgan fingerprint density at radius 2 is 1.82 bits per heavy atom. The van der Waals surface area contributed by atoms with E-state index >= 15 is 0 Å². The van der Waals surface area contributed by atoms with Crippen molar-refractivity contribution in [3.05, 3.63) is 42.4 Å². The van der Waals surface area contributed by atoms with E-state index in [1.807, 2.05) is 12.3 Å². The third-order valence-corrected chi connectivity index (χ3v) is 6.94. The average molecular weight is 290 g/mol. The molecule has 2 aromatic heterocycles. The number of pyridine rings is 2. The van der Waals surface area contributed by atoms with Crippen molar-refractivity contribution in [2.75, 3.05) is 0 Å². The summed E-state index contributed by atoms with van der Waals surface area (Å²) in [6.45, 7) is -2.16. The van der Waals surface area contributed by atoms with Crippen molar-refractivity contribution in [1.29, 1.82) is 0 Å². The zero-order valence-electron chi connectivity index (χ0n) is 13.4. The molecule has 0 aliphatic heterocycles. The standard InChI is InChI=1S/C14H18GeN2/c1-11-5-6-12(9-16-11)14-8-7-13(10-17-14)15(2,3)4/h5-10H,1-4H3/i1D3. The van der Waals surface area contributed by atoms with Crippen LogP contribution in [0.4, 0.5) is 0 Å². The molecule has 0 amide bonds. The number of hydrogen-bond donors (Lipinski definition) is 0. The molecule has 0 atom stereocenters. The molecule has 0 unspecified atom stereocenters. The van der Waals surface area contributed by atoms with Gasteiger partial charge >= 0.3 is 109 Å². The van der Waals surface area contributed by atoms with E-state index in [4.69, 9.17) is 4.11 Å². The summed E-state index contributed by atoms with van der Waals surface area (Å²) >= 11 is -1.84. The predicted molar refractivity (Wildman–Crippen MR) is 75.2 cm³/mol. The van der Waals surface area contributed by atoms with Gasteiger partial charge in [-0.1, -0.05) is 0 Å². The first kappa shape index (κ1) is 8.86.